The number of nitrogens with one attached hydrogen (secondary N) is 2. The van der Waals surface area contributed by atoms with Gasteiger partial charge in [-0.05, 0) is 85.0 Å². The molecule has 0 saturated carbocycles. The number of fused-ring (bicyclic) bond motifs is 2. The maximum Gasteiger partial charge on any atom is 0.338 e. The number of hydrogen-bond donors (Lipinski definition) is 4. The van der Waals surface area contributed by atoms with Gasteiger partial charge in [0.2, 0.25) is 5.91 Å². The van der Waals surface area contributed by atoms with E-state index in [1.807, 2.05) is 50.2 Å². The van der Waals surface area contributed by atoms with E-state index in [0.717, 1.165) is 28.8 Å². The quantitative estimate of drug-likeness (QED) is 0.0815. The highest BCUT2D eigenvalue weighted by Crippen LogP contribution is 2.46. The highest BCUT2D eigenvalue weighted by atomic mass is 32.1. The summed E-state index contributed by atoms with van der Waals surface area (Å²) in [6.07, 6.45) is 4.02. The van der Waals surface area contributed by atoms with E-state index < -0.39 is 40.8 Å². The first-order valence-corrected chi connectivity index (χ1v) is 21.9. The lowest BCUT2D eigenvalue weighted by atomic mass is 9.79. The van der Waals surface area contributed by atoms with Crippen LogP contribution >= 0.6 is 11.3 Å². The number of carbonyl (C=O) groups is 4. The maximum atomic E-state index is 14.8. The molecule has 0 saturated heterocycles. The van der Waals surface area contributed by atoms with E-state index in [0.29, 0.717) is 57.5 Å². The molecule has 3 unspecified atom stereocenters. The van der Waals surface area contributed by atoms with Gasteiger partial charge >= 0.3 is 11.9 Å². The summed E-state index contributed by atoms with van der Waals surface area (Å²) >= 11 is 1.31. The Labute approximate surface area is 381 Å². The summed E-state index contributed by atoms with van der Waals surface area (Å²) in [7, 11) is 0. The van der Waals surface area contributed by atoms with Crippen LogP contribution in [0.25, 0.3) is 11.3 Å². The number of nitrogens with zero attached hydrogens (tertiary/aromatic N) is 5. The monoisotopic (exact) mass is 907 g/mol. The SMILES string of the molecule is Cc1ccc(C2C(C(=O)O)c3ccccc3C(=O)N2c2cccc(-c3cn(CCOc4cc5c(cc4Oc4ccc(C(=O)O)c(F)c4)C(C)(CC(=O)Nc4nccs4)NCC5)nn3)c2)cc1. The third-order valence-corrected chi connectivity index (χ3v) is 12.5. The van der Waals surface area contributed by atoms with E-state index in [9.17, 15) is 33.8 Å². The first-order valence-electron chi connectivity index (χ1n) is 21.0. The van der Waals surface area contributed by atoms with Crippen molar-refractivity contribution < 1.29 is 43.3 Å². The molecule has 2 amide bonds. The van der Waals surface area contributed by atoms with Gasteiger partial charge in [-0.15, -0.1) is 16.4 Å². The van der Waals surface area contributed by atoms with Gasteiger partial charge in [0.25, 0.3) is 5.91 Å². The number of hydrogen-bond acceptors (Lipinski definition) is 11. The first-order chi connectivity index (χ1) is 31.8. The molecule has 3 atom stereocenters. The first kappa shape index (κ1) is 43.5. The normalized spacial score (nSPS) is 17.7. The highest BCUT2D eigenvalue weighted by Gasteiger charge is 2.45. The Bertz CT molecular complexity index is 3000. The van der Waals surface area contributed by atoms with Crippen LogP contribution in [0.2, 0.25) is 0 Å². The second-order valence-electron chi connectivity index (χ2n) is 16.3. The van der Waals surface area contributed by atoms with E-state index in [1.165, 1.54) is 17.4 Å². The number of halogens is 1. The minimum atomic E-state index is -1.41. The van der Waals surface area contributed by atoms with Gasteiger partial charge in [-0.3, -0.25) is 19.3 Å². The average Bonchev–Trinajstić information content (AvgIpc) is 4.00. The summed E-state index contributed by atoms with van der Waals surface area (Å²) in [5, 5.41) is 37.3. The molecule has 0 fully saturated rings. The second-order valence-corrected chi connectivity index (χ2v) is 17.2. The molecule has 4 heterocycles. The van der Waals surface area contributed by atoms with Crippen LogP contribution in [0, 0.1) is 12.7 Å². The summed E-state index contributed by atoms with van der Waals surface area (Å²) in [4.78, 5) is 57.8. The van der Waals surface area contributed by atoms with E-state index in [-0.39, 0.29) is 42.9 Å². The van der Waals surface area contributed by atoms with Crippen LogP contribution in [0.5, 0.6) is 17.2 Å². The lowest BCUT2D eigenvalue weighted by molar-refractivity contribution is -0.139. The number of carboxylic acids is 2. The fraction of sp³-hybridized carbons (Fsp3) is 0.204. The summed E-state index contributed by atoms with van der Waals surface area (Å²) in [5.74, 6) is -4.45. The molecule has 334 valence electrons. The smallest absolute Gasteiger partial charge is 0.338 e. The molecule has 66 heavy (non-hydrogen) atoms. The van der Waals surface area contributed by atoms with Gasteiger partial charge in [-0.1, -0.05) is 65.4 Å². The summed E-state index contributed by atoms with van der Waals surface area (Å²) in [6, 6.07) is 27.8. The number of thiazole rings is 1. The molecule has 0 aliphatic carbocycles. The summed E-state index contributed by atoms with van der Waals surface area (Å²) in [6.45, 7) is 4.75. The van der Waals surface area contributed by atoms with Crippen molar-refractivity contribution in [2.75, 3.05) is 23.4 Å². The number of amides is 2. The molecular formula is C49H42FN7O8S. The molecule has 0 spiro atoms. The van der Waals surface area contributed by atoms with Crippen LogP contribution < -0.4 is 25.0 Å². The van der Waals surface area contributed by atoms with Crippen LogP contribution in [0.3, 0.4) is 0 Å². The van der Waals surface area contributed by atoms with Crippen molar-refractivity contribution in [3.63, 3.8) is 0 Å². The van der Waals surface area contributed by atoms with Crippen molar-refractivity contribution in [2.45, 2.75) is 50.7 Å². The number of aryl methyl sites for hydroxylation is 1. The zero-order valence-corrected chi connectivity index (χ0v) is 36.4. The molecule has 2 aliphatic heterocycles. The molecule has 9 rings (SSSR count). The standard InChI is InChI=1S/C49H42FN7O8S/c1-28-10-12-29(13-11-28)44-43(47(62)63)34-8-3-4-9-35(34)45(59)57(44)32-7-5-6-31(22-32)39-27-56(55-54-39)19-20-64-40-23-30-16-17-52-49(2,26-42(58)53-48-51-18-21-66-48)37(30)25-41(40)65-33-14-15-36(46(60)61)38(50)24-33/h3-15,18,21-25,27,43-44,52H,16-17,19-20,26H2,1-2H3,(H,60,61)(H,62,63)(H,51,53,58). The lowest BCUT2D eigenvalue weighted by Gasteiger charge is -2.41. The predicted molar refractivity (Wildman–Crippen MR) is 243 cm³/mol. The molecule has 4 N–H and O–H groups in total. The van der Waals surface area contributed by atoms with E-state index in [1.54, 1.807) is 75.9 Å². The van der Waals surface area contributed by atoms with Crippen LogP contribution in [0.4, 0.5) is 15.2 Å². The molecular weight excluding hydrogens is 866 g/mol. The van der Waals surface area contributed by atoms with Crippen molar-refractivity contribution in [3.05, 3.63) is 166 Å². The largest absolute Gasteiger partial charge is 0.488 e. The van der Waals surface area contributed by atoms with Crippen molar-refractivity contribution in [3.8, 4) is 28.5 Å². The van der Waals surface area contributed by atoms with Crippen molar-refractivity contribution in [1.29, 1.82) is 0 Å². The zero-order valence-electron chi connectivity index (χ0n) is 35.6. The number of aliphatic carboxylic acids is 1. The molecule has 5 aromatic carbocycles. The molecule has 2 aliphatic rings. The summed E-state index contributed by atoms with van der Waals surface area (Å²) < 4.78 is 29.0. The molecule has 7 aromatic rings. The molecule has 0 radical (unpaired) electrons. The van der Waals surface area contributed by atoms with Crippen LogP contribution in [0.15, 0.2) is 121 Å². The number of carbonyl (C=O) groups excluding carboxylic acids is 2. The fourth-order valence-corrected chi connectivity index (χ4v) is 9.21. The van der Waals surface area contributed by atoms with Gasteiger partial charge in [0.05, 0.1) is 24.3 Å². The summed E-state index contributed by atoms with van der Waals surface area (Å²) in [5.41, 5.74) is 4.44. The Hall–Kier alpha value is -7.76. The van der Waals surface area contributed by atoms with E-state index in [4.69, 9.17) is 9.47 Å². The molecule has 2 aromatic heterocycles. The Morgan fingerprint density at radius 2 is 1.80 bits per heavy atom. The number of benzene rings is 5. The van der Waals surface area contributed by atoms with Gasteiger partial charge in [0, 0.05) is 53.0 Å². The lowest BCUT2D eigenvalue weighted by Crippen LogP contribution is -2.47. The molecule has 17 heteroatoms. The minimum Gasteiger partial charge on any atom is -0.488 e. The van der Waals surface area contributed by atoms with Crippen LogP contribution in [-0.4, -0.2) is 67.1 Å². The van der Waals surface area contributed by atoms with Gasteiger partial charge in [-0.25, -0.2) is 18.9 Å². The Morgan fingerprint density at radius 3 is 2.56 bits per heavy atom. The Balaban J connectivity index is 0.972. The highest BCUT2D eigenvalue weighted by molar-refractivity contribution is 7.13. The van der Waals surface area contributed by atoms with Gasteiger partial charge < -0.3 is 30.3 Å². The number of rotatable bonds is 14. The van der Waals surface area contributed by atoms with Crippen molar-refractivity contribution >= 4 is 45.9 Å². The van der Waals surface area contributed by atoms with Crippen molar-refractivity contribution in [2.24, 2.45) is 0 Å². The van der Waals surface area contributed by atoms with Gasteiger partial charge in [0.15, 0.2) is 16.6 Å². The third kappa shape index (κ3) is 8.73. The number of ether oxygens (including phenoxy) is 2. The predicted octanol–water partition coefficient (Wildman–Crippen LogP) is 8.38. The number of aromatic nitrogens is 4. The van der Waals surface area contributed by atoms with Gasteiger partial charge in [-0.2, -0.15) is 0 Å². The fourth-order valence-electron chi connectivity index (χ4n) is 8.66. The second kappa shape index (κ2) is 18.0. The van der Waals surface area contributed by atoms with E-state index >= 15 is 0 Å². The topological polar surface area (TPSA) is 198 Å². The number of aromatic carboxylic acids is 1. The number of carboxylic acid groups (broad SMARTS) is 2. The Morgan fingerprint density at radius 1 is 0.985 bits per heavy atom. The van der Waals surface area contributed by atoms with Crippen molar-refractivity contribution in [1.82, 2.24) is 25.3 Å². The number of anilines is 2. The van der Waals surface area contributed by atoms with E-state index in [2.05, 4.69) is 25.9 Å². The van der Waals surface area contributed by atoms with Crippen LogP contribution in [0.1, 0.15) is 73.8 Å². The molecule has 15 nitrogen and oxygen atoms in total. The molecule has 0 bridgehead atoms. The maximum absolute atomic E-state index is 14.8. The van der Waals surface area contributed by atoms with Crippen LogP contribution in [-0.2, 0) is 28.1 Å². The van der Waals surface area contributed by atoms with Gasteiger partial charge in [0.1, 0.15) is 29.8 Å². The minimum absolute atomic E-state index is 0.0385. The third-order valence-electron chi connectivity index (χ3n) is 11.8. The average molecular weight is 908 g/mol. The zero-order chi connectivity index (χ0) is 46.1. The Kier molecular flexibility index (Phi) is 11.9.